The lowest BCUT2D eigenvalue weighted by Crippen LogP contribution is -2.34. The van der Waals surface area contributed by atoms with Gasteiger partial charge in [0.25, 0.3) is 0 Å². The van der Waals surface area contributed by atoms with Crippen molar-refractivity contribution in [1.29, 1.82) is 0 Å². The van der Waals surface area contributed by atoms with Crippen molar-refractivity contribution >= 4 is 15.9 Å². The molecule has 0 saturated carbocycles. The summed E-state index contributed by atoms with van der Waals surface area (Å²) in [6.45, 7) is 4.03. The van der Waals surface area contributed by atoms with Gasteiger partial charge in [0.15, 0.2) is 0 Å². The molecule has 0 aliphatic heterocycles. The first-order chi connectivity index (χ1) is 5.49. The Morgan fingerprint density at radius 3 is 2.75 bits per heavy atom. The Morgan fingerprint density at radius 2 is 2.25 bits per heavy atom. The molecule has 2 nitrogen and oxygen atoms in total. The van der Waals surface area contributed by atoms with Gasteiger partial charge in [0.1, 0.15) is 0 Å². The van der Waals surface area contributed by atoms with E-state index in [0.29, 0.717) is 0 Å². The minimum absolute atomic E-state index is 0.163. The second-order valence-electron chi connectivity index (χ2n) is 3.63. The van der Waals surface area contributed by atoms with Gasteiger partial charge in [-0.05, 0) is 47.8 Å². The molecule has 0 spiro atoms. The zero-order valence-corrected chi connectivity index (χ0v) is 8.93. The van der Waals surface area contributed by atoms with Crippen molar-refractivity contribution in [3.63, 3.8) is 0 Å². The molecule has 1 aromatic heterocycles. The second kappa shape index (κ2) is 3.54. The minimum atomic E-state index is -0.163. The average Bonchev–Trinajstić information content (AvgIpc) is 1.91. The first-order valence-corrected chi connectivity index (χ1v) is 4.65. The van der Waals surface area contributed by atoms with Gasteiger partial charge in [-0.3, -0.25) is 4.98 Å². The molecule has 12 heavy (non-hydrogen) atoms. The van der Waals surface area contributed by atoms with E-state index < -0.39 is 0 Å². The summed E-state index contributed by atoms with van der Waals surface area (Å²) in [4.78, 5) is 3.99. The van der Waals surface area contributed by atoms with Gasteiger partial charge in [-0.2, -0.15) is 0 Å². The lowest BCUT2D eigenvalue weighted by molar-refractivity contribution is 0.515. The average molecular weight is 229 g/mol. The minimum Gasteiger partial charge on any atom is -0.325 e. The molecule has 1 heterocycles. The number of nitrogens with two attached hydrogens (primary N) is 1. The topological polar surface area (TPSA) is 38.9 Å². The van der Waals surface area contributed by atoms with Crippen molar-refractivity contribution < 1.29 is 0 Å². The van der Waals surface area contributed by atoms with Crippen molar-refractivity contribution in [2.75, 3.05) is 0 Å². The fourth-order valence-corrected chi connectivity index (χ4v) is 1.43. The summed E-state index contributed by atoms with van der Waals surface area (Å²) in [6.07, 6.45) is 4.43. The Balaban J connectivity index is 2.83. The van der Waals surface area contributed by atoms with Gasteiger partial charge in [0, 0.05) is 22.4 Å². The predicted octanol–water partition coefficient (Wildman–Crippen LogP) is 2.12. The monoisotopic (exact) mass is 228 g/mol. The molecule has 66 valence electrons. The van der Waals surface area contributed by atoms with Gasteiger partial charge in [0.05, 0.1) is 0 Å². The summed E-state index contributed by atoms with van der Waals surface area (Å²) in [5.41, 5.74) is 6.94. The van der Waals surface area contributed by atoms with E-state index in [2.05, 4.69) is 20.9 Å². The van der Waals surface area contributed by atoms with Gasteiger partial charge in [-0.25, -0.2) is 0 Å². The third-order valence-corrected chi connectivity index (χ3v) is 2.22. The lowest BCUT2D eigenvalue weighted by atomic mass is 9.97. The number of aromatic nitrogens is 1. The van der Waals surface area contributed by atoms with Crippen LogP contribution in [0.1, 0.15) is 19.4 Å². The standard InChI is InChI=1S/C9H13BrN2/c1-9(2,11)5-7-3-4-12-6-8(7)10/h3-4,6H,5,11H2,1-2H3. The molecule has 0 aliphatic carbocycles. The molecular formula is C9H13BrN2. The summed E-state index contributed by atoms with van der Waals surface area (Å²) in [5.74, 6) is 0. The van der Waals surface area contributed by atoms with Gasteiger partial charge >= 0.3 is 0 Å². The van der Waals surface area contributed by atoms with Crippen molar-refractivity contribution in [2.24, 2.45) is 5.73 Å². The summed E-state index contributed by atoms with van der Waals surface area (Å²) in [7, 11) is 0. The number of rotatable bonds is 2. The van der Waals surface area contributed by atoms with Crippen molar-refractivity contribution in [3.05, 3.63) is 28.5 Å². The van der Waals surface area contributed by atoms with Crippen LogP contribution < -0.4 is 5.73 Å². The highest BCUT2D eigenvalue weighted by Gasteiger charge is 2.12. The van der Waals surface area contributed by atoms with Crippen LogP contribution in [0.25, 0.3) is 0 Å². The van der Waals surface area contributed by atoms with Crippen LogP contribution in [-0.4, -0.2) is 10.5 Å². The third kappa shape index (κ3) is 2.91. The number of pyridine rings is 1. The number of hydrogen-bond donors (Lipinski definition) is 1. The normalized spacial score (nSPS) is 11.7. The lowest BCUT2D eigenvalue weighted by Gasteiger charge is -2.18. The zero-order valence-electron chi connectivity index (χ0n) is 7.34. The molecule has 0 bridgehead atoms. The number of nitrogens with zero attached hydrogens (tertiary/aromatic N) is 1. The summed E-state index contributed by atoms with van der Waals surface area (Å²) < 4.78 is 1.03. The van der Waals surface area contributed by atoms with Crippen LogP contribution in [0.4, 0.5) is 0 Å². The van der Waals surface area contributed by atoms with E-state index in [9.17, 15) is 0 Å². The Kier molecular flexibility index (Phi) is 2.85. The van der Waals surface area contributed by atoms with E-state index in [4.69, 9.17) is 5.73 Å². The quantitative estimate of drug-likeness (QED) is 0.843. The first-order valence-electron chi connectivity index (χ1n) is 3.86. The molecule has 0 atom stereocenters. The van der Waals surface area contributed by atoms with E-state index in [1.807, 2.05) is 19.9 Å². The summed E-state index contributed by atoms with van der Waals surface area (Å²) in [5, 5.41) is 0. The maximum Gasteiger partial charge on any atom is 0.0412 e. The van der Waals surface area contributed by atoms with Crippen molar-refractivity contribution in [1.82, 2.24) is 4.98 Å². The van der Waals surface area contributed by atoms with E-state index in [-0.39, 0.29) is 5.54 Å². The Labute approximate surface area is 81.3 Å². The van der Waals surface area contributed by atoms with Gasteiger partial charge in [-0.15, -0.1) is 0 Å². The molecule has 2 N–H and O–H groups in total. The Hall–Kier alpha value is -0.410. The van der Waals surface area contributed by atoms with Crippen LogP contribution in [-0.2, 0) is 6.42 Å². The molecule has 0 radical (unpaired) electrons. The molecule has 1 rings (SSSR count). The highest BCUT2D eigenvalue weighted by atomic mass is 79.9. The predicted molar refractivity (Wildman–Crippen MR) is 53.9 cm³/mol. The SMILES string of the molecule is CC(C)(N)Cc1ccncc1Br. The molecule has 0 aromatic carbocycles. The van der Waals surface area contributed by atoms with Crippen LogP contribution in [0.2, 0.25) is 0 Å². The maximum absolute atomic E-state index is 5.90. The molecule has 0 aliphatic rings. The molecule has 0 amide bonds. The van der Waals surface area contributed by atoms with Crippen molar-refractivity contribution in [3.8, 4) is 0 Å². The maximum atomic E-state index is 5.90. The third-order valence-electron chi connectivity index (χ3n) is 1.50. The molecular weight excluding hydrogens is 216 g/mol. The fraction of sp³-hybridized carbons (Fsp3) is 0.444. The Bertz CT molecular complexity index is 265. The van der Waals surface area contributed by atoms with E-state index in [1.165, 1.54) is 5.56 Å². The van der Waals surface area contributed by atoms with Gasteiger partial charge in [0.2, 0.25) is 0 Å². The van der Waals surface area contributed by atoms with E-state index in [0.717, 1.165) is 10.9 Å². The van der Waals surface area contributed by atoms with Crippen molar-refractivity contribution in [2.45, 2.75) is 25.8 Å². The van der Waals surface area contributed by atoms with Gasteiger partial charge < -0.3 is 5.73 Å². The van der Waals surface area contributed by atoms with E-state index in [1.54, 1.807) is 12.4 Å². The number of hydrogen-bond acceptors (Lipinski definition) is 2. The zero-order chi connectivity index (χ0) is 9.19. The highest BCUT2D eigenvalue weighted by Crippen LogP contribution is 2.18. The molecule has 3 heteroatoms. The van der Waals surface area contributed by atoms with Crippen LogP contribution in [0.15, 0.2) is 22.9 Å². The molecule has 0 saturated heterocycles. The van der Waals surface area contributed by atoms with Crippen LogP contribution in [0, 0.1) is 0 Å². The molecule has 1 aromatic rings. The van der Waals surface area contributed by atoms with Crippen LogP contribution in [0.5, 0.6) is 0 Å². The number of halogens is 1. The fourth-order valence-electron chi connectivity index (χ4n) is 1.04. The largest absolute Gasteiger partial charge is 0.325 e. The summed E-state index contributed by atoms with van der Waals surface area (Å²) in [6, 6.07) is 1.98. The Morgan fingerprint density at radius 1 is 1.58 bits per heavy atom. The van der Waals surface area contributed by atoms with Gasteiger partial charge in [-0.1, -0.05) is 0 Å². The van der Waals surface area contributed by atoms with Crippen LogP contribution >= 0.6 is 15.9 Å². The van der Waals surface area contributed by atoms with E-state index >= 15 is 0 Å². The molecule has 0 unspecified atom stereocenters. The first kappa shape index (κ1) is 9.68. The summed E-state index contributed by atoms with van der Waals surface area (Å²) >= 11 is 3.43. The van der Waals surface area contributed by atoms with Crippen LogP contribution in [0.3, 0.4) is 0 Å². The molecule has 0 fully saturated rings. The second-order valence-corrected chi connectivity index (χ2v) is 4.49. The smallest absolute Gasteiger partial charge is 0.0412 e. The highest BCUT2D eigenvalue weighted by molar-refractivity contribution is 9.10.